The number of aromatic nitrogens is 1. The maximum atomic E-state index is 12.3. The molecule has 0 aliphatic heterocycles. The van der Waals surface area contributed by atoms with Gasteiger partial charge in [-0.3, -0.25) is 14.9 Å². The Balaban J connectivity index is 1.43. The van der Waals surface area contributed by atoms with Crippen LogP contribution >= 0.6 is 11.3 Å². The monoisotopic (exact) mass is 379 g/mol. The van der Waals surface area contributed by atoms with Crippen molar-refractivity contribution in [1.82, 2.24) is 4.98 Å². The highest BCUT2D eigenvalue weighted by molar-refractivity contribution is 7.22. The van der Waals surface area contributed by atoms with E-state index >= 15 is 0 Å². The number of benzene rings is 2. The van der Waals surface area contributed by atoms with Crippen LogP contribution in [-0.4, -0.2) is 16.8 Å². The average molecular weight is 379 g/mol. The first-order chi connectivity index (χ1) is 13.2. The second-order valence-electron chi connectivity index (χ2n) is 6.92. The molecule has 0 saturated heterocycles. The fourth-order valence-electron chi connectivity index (χ4n) is 3.50. The number of carbonyl (C=O) groups excluding carboxylic acids is 2. The number of nitrogens with zero attached hydrogens (tertiary/aromatic N) is 1. The van der Waals surface area contributed by atoms with Crippen LogP contribution in [0.2, 0.25) is 0 Å². The molecule has 0 bridgehead atoms. The van der Waals surface area contributed by atoms with Crippen LogP contribution in [0, 0.1) is 5.92 Å². The zero-order valence-electron chi connectivity index (χ0n) is 14.9. The van der Waals surface area contributed by atoms with E-state index in [-0.39, 0.29) is 11.8 Å². The summed E-state index contributed by atoms with van der Waals surface area (Å²) in [5, 5.41) is 6.38. The number of fused-ring (bicyclic) bond motifs is 1. The van der Waals surface area contributed by atoms with Crippen LogP contribution in [0.1, 0.15) is 42.5 Å². The van der Waals surface area contributed by atoms with E-state index in [0.29, 0.717) is 23.0 Å². The van der Waals surface area contributed by atoms with Crippen molar-refractivity contribution in [3.63, 3.8) is 0 Å². The van der Waals surface area contributed by atoms with Crippen molar-refractivity contribution in [1.29, 1.82) is 0 Å². The third-order valence-corrected chi connectivity index (χ3v) is 5.81. The fourth-order valence-corrected chi connectivity index (χ4v) is 4.40. The van der Waals surface area contributed by atoms with Crippen LogP contribution < -0.4 is 10.6 Å². The number of rotatable bonds is 5. The Kier molecular flexibility index (Phi) is 5.16. The van der Waals surface area contributed by atoms with Gasteiger partial charge in [0, 0.05) is 17.7 Å². The van der Waals surface area contributed by atoms with Crippen LogP contribution in [0.25, 0.3) is 10.2 Å². The quantitative estimate of drug-likeness (QED) is 0.650. The predicted molar refractivity (Wildman–Crippen MR) is 109 cm³/mol. The molecule has 0 unspecified atom stereocenters. The second kappa shape index (κ2) is 7.88. The average Bonchev–Trinajstić information content (AvgIpc) is 3.31. The van der Waals surface area contributed by atoms with Crippen LogP contribution in [0.15, 0.2) is 48.5 Å². The Morgan fingerprint density at radius 3 is 2.59 bits per heavy atom. The van der Waals surface area contributed by atoms with Crippen molar-refractivity contribution in [2.45, 2.75) is 32.1 Å². The first-order valence-electron chi connectivity index (χ1n) is 9.24. The standard InChI is InChI=1S/C21H21N3O2S/c25-19(12-14-6-4-5-7-14)22-16-10-11-17-18(13-16)27-21(23-17)24-20(26)15-8-2-1-3-9-15/h1-3,8-11,13-14H,4-7,12H2,(H,22,25)(H,23,24,26). The van der Waals surface area contributed by atoms with Crippen molar-refractivity contribution in [3.8, 4) is 0 Å². The Bertz CT molecular complexity index is 962. The number of nitrogens with one attached hydrogen (secondary N) is 2. The van der Waals surface area contributed by atoms with Gasteiger partial charge < -0.3 is 5.32 Å². The third kappa shape index (κ3) is 4.34. The molecule has 27 heavy (non-hydrogen) atoms. The van der Waals surface area contributed by atoms with Gasteiger partial charge >= 0.3 is 0 Å². The first kappa shape index (κ1) is 17.7. The van der Waals surface area contributed by atoms with Gasteiger partial charge in [0.05, 0.1) is 10.2 Å². The highest BCUT2D eigenvalue weighted by atomic mass is 32.1. The Hall–Kier alpha value is -2.73. The molecule has 4 rings (SSSR count). The summed E-state index contributed by atoms with van der Waals surface area (Å²) in [6.45, 7) is 0. The molecule has 138 valence electrons. The van der Waals surface area contributed by atoms with Crippen LogP contribution in [0.3, 0.4) is 0 Å². The zero-order chi connectivity index (χ0) is 18.6. The van der Waals surface area contributed by atoms with Crippen molar-refractivity contribution in [3.05, 3.63) is 54.1 Å². The van der Waals surface area contributed by atoms with E-state index in [0.717, 1.165) is 28.7 Å². The lowest BCUT2D eigenvalue weighted by Gasteiger charge is -2.09. The van der Waals surface area contributed by atoms with E-state index in [1.165, 1.54) is 24.2 Å². The smallest absolute Gasteiger partial charge is 0.257 e. The first-order valence-corrected chi connectivity index (χ1v) is 10.1. The van der Waals surface area contributed by atoms with Gasteiger partial charge in [-0.1, -0.05) is 42.4 Å². The summed E-state index contributed by atoms with van der Waals surface area (Å²) >= 11 is 1.40. The molecule has 0 radical (unpaired) electrons. The molecule has 1 fully saturated rings. The van der Waals surface area contributed by atoms with E-state index in [2.05, 4.69) is 15.6 Å². The molecule has 3 aromatic rings. The van der Waals surface area contributed by atoms with Gasteiger partial charge in [0.1, 0.15) is 0 Å². The van der Waals surface area contributed by atoms with Crippen molar-refractivity contribution < 1.29 is 9.59 Å². The normalized spacial score (nSPS) is 14.4. The minimum absolute atomic E-state index is 0.0726. The van der Waals surface area contributed by atoms with Crippen LogP contribution in [0.5, 0.6) is 0 Å². The number of thiazole rings is 1. The molecule has 1 heterocycles. The van der Waals surface area contributed by atoms with Crippen LogP contribution in [-0.2, 0) is 4.79 Å². The van der Waals surface area contributed by atoms with Gasteiger partial charge in [-0.25, -0.2) is 4.98 Å². The molecule has 1 saturated carbocycles. The van der Waals surface area contributed by atoms with Crippen molar-refractivity contribution >= 4 is 44.2 Å². The molecule has 6 heteroatoms. The number of amides is 2. The van der Waals surface area contributed by atoms with Crippen molar-refractivity contribution in [2.24, 2.45) is 5.92 Å². The lowest BCUT2D eigenvalue weighted by molar-refractivity contribution is -0.117. The maximum absolute atomic E-state index is 12.3. The van der Waals surface area contributed by atoms with E-state index in [9.17, 15) is 9.59 Å². The highest BCUT2D eigenvalue weighted by Gasteiger charge is 2.18. The minimum atomic E-state index is -0.181. The Morgan fingerprint density at radius 1 is 1.04 bits per heavy atom. The SMILES string of the molecule is O=C(CC1CCCC1)Nc1ccc2nc(NC(=O)c3ccccc3)sc2c1. The summed E-state index contributed by atoms with van der Waals surface area (Å²) in [5.41, 5.74) is 2.17. The maximum Gasteiger partial charge on any atom is 0.257 e. The van der Waals surface area contributed by atoms with E-state index in [1.807, 2.05) is 36.4 Å². The molecule has 1 aromatic heterocycles. The van der Waals surface area contributed by atoms with E-state index in [1.54, 1.807) is 12.1 Å². The summed E-state index contributed by atoms with van der Waals surface area (Å²) in [4.78, 5) is 29.0. The van der Waals surface area contributed by atoms with E-state index < -0.39 is 0 Å². The molecule has 1 aliphatic rings. The molecular weight excluding hydrogens is 358 g/mol. The molecule has 0 spiro atoms. The molecule has 0 atom stereocenters. The summed E-state index contributed by atoms with van der Waals surface area (Å²) < 4.78 is 0.928. The summed E-state index contributed by atoms with van der Waals surface area (Å²) in [7, 11) is 0. The number of hydrogen-bond donors (Lipinski definition) is 2. The molecule has 2 amide bonds. The van der Waals surface area contributed by atoms with Crippen LogP contribution in [0.4, 0.5) is 10.8 Å². The number of carbonyl (C=O) groups is 2. The Labute approximate surface area is 161 Å². The van der Waals surface area contributed by atoms with E-state index in [4.69, 9.17) is 0 Å². The highest BCUT2D eigenvalue weighted by Crippen LogP contribution is 2.30. The van der Waals surface area contributed by atoms with Gasteiger partial charge in [-0.15, -0.1) is 0 Å². The molecular formula is C21H21N3O2S. The molecule has 5 nitrogen and oxygen atoms in total. The topological polar surface area (TPSA) is 71.1 Å². The fraction of sp³-hybridized carbons (Fsp3) is 0.286. The van der Waals surface area contributed by atoms with Gasteiger partial charge in [0.25, 0.3) is 5.91 Å². The minimum Gasteiger partial charge on any atom is -0.326 e. The number of anilines is 2. The summed E-state index contributed by atoms with van der Waals surface area (Å²) in [6.07, 6.45) is 5.39. The largest absolute Gasteiger partial charge is 0.326 e. The predicted octanol–water partition coefficient (Wildman–Crippen LogP) is 5.07. The number of hydrogen-bond acceptors (Lipinski definition) is 4. The lowest BCUT2D eigenvalue weighted by Crippen LogP contribution is -2.14. The Morgan fingerprint density at radius 2 is 1.81 bits per heavy atom. The zero-order valence-corrected chi connectivity index (χ0v) is 15.7. The lowest BCUT2D eigenvalue weighted by atomic mass is 10.0. The molecule has 1 aliphatic carbocycles. The third-order valence-electron chi connectivity index (χ3n) is 4.88. The molecule has 2 N–H and O–H groups in total. The van der Waals surface area contributed by atoms with Gasteiger partial charge in [0.15, 0.2) is 5.13 Å². The van der Waals surface area contributed by atoms with Gasteiger partial charge in [-0.05, 0) is 49.1 Å². The second-order valence-corrected chi connectivity index (χ2v) is 7.96. The summed E-state index contributed by atoms with van der Waals surface area (Å²) in [6, 6.07) is 14.7. The van der Waals surface area contributed by atoms with Crippen molar-refractivity contribution in [2.75, 3.05) is 10.6 Å². The van der Waals surface area contributed by atoms with Gasteiger partial charge in [0.2, 0.25) is 5.91 Å². The summed E-state index contributed by atoms with van der Waals surface area (Å²) in [5.74, 6) is 0.417. The van der Waals surface area contributed by atoms with Gasteiger partial charge in [-0.2, -0.15) is 0 Å². The molecule has 2 aromatic carbocycles.